The molecular weight excluding hydrogens is 140 g/mol. The van der Waals surface area contributed by atoms with E-state index in [2.05, 4.69) is 6.92 Å². The molecule has 0 saturated heterocycles. The van der Waals surface area contributed by atoms with Gasteiger partial charge in [-0.1, -0.05) is 39.5 Å². The average Bonchev–Trinajstić information content (AvgIpc) is 1.86. The van der Waals surface area contributed by atoms with Gasteiger partial charge in [-0.2, -0.15) is 0 Å². The lowest BCUT2D eigenvalue weighted by atomic mass is 10.0. The Morgan fingerprint density at radius 3 is 2.55 bits per heavy atom. The van der Waals surface area contributed by atoms with Crippen LogP contribution in [0.1, 0.15) is 46.0 Å². The Hall–Kier alpha value is -0.530. The highest BCUT2D eigenvalue weighted by molar-refractivity contribution is 5.66. The maximum absolute atomic E-state index is 10.2. The van der Waals surface area contributed by atoms with Crippen molar-refractivity contribution in [3.8, 4) is 0 Å². The fourth-order valence-electron chi connectivity index (χ4n) is 1.14. The molecule has 1 N–H and O–H groups in total. The number of unbranched alkanes of at least 4 members (excludes halogenated alkanes) is 2. The molecule has 0 aromatic rings. The van der Waals surface area contributed by atoms with Gasteiger partial charge < -0.3 is 5.11 Å². The number of carboxylic acid groups (broad SMARTS) is 1. The van der Waals surface area contributed by atoms with Gasteiger partial charge in [0.15, 0.2) is 0 Å². The summed E-state index contributed by atoms with van der Waals surface area (Å²) >= 11 is 0. The summed E-state index contributed by atoms with van der Waals surface area (Å²) < 4.78 is 0. The molecule has 1 unspecified atom stereocenters. The SMILES string of the molecule is CCCCCC(C)CC(=O)O. The predicted octanol–water partition coefficient (Wildman–Crippen LogP) is 2.68. The van der Waals surface area contributed by atoms with Crippen molar-refractivity contribution in [1.82, 2.24) is 0 Å². The van der Waals surface area contributed by atoms with Gasteiger partial charge in [0.1, 0.15) is 0 Å². The van der Waals surface area contributed by atoms with E-state index in [1.807, 2.05) is 6.92 Å². The molecule has 1 atom stereocenters. The van der Waals surface area contributed by atoms with Crippen LogP contribution < -0.4 is 0 Å². The zero-order valence-corrected chi connectivity index (χ0v) is 7.47. The van der Waals surface area contributed by atoms with Crippen LogP contribution in [0.3, 0.4) is 0 Å². The quantitative estimate of drug-likeness (QED) is 0.603. The van der Waals surface area contributed by atoms with E-state index in [0.29, 0.717) is 12.3 Å². The molecule has 2 nitrogen and oxygen atoms in total. The van der Waals surface area contributed by atoms with Crippen LogP contribution in [0.4, 0.5) is 0 Å². The molecule has 11 heavy (non-hydrogen) atoms. The zero-order chi connectivity index (χ0) is 8.69. The van der Waals surface area contributed by atoms with Crippen molar-refractivity contribution in [2.45, 2.75) is 46.0 Å². The Bertz CT molecular complexity index is 110. The normalized spacial score (nSPS) is 12.9. The fourth-order valence-corrected chi connectivity index (χ4v) is 1.14. The summed E-state index contributed by atoms with van der Waals surface area (Å²) in [5.74, 6) is -0.326. The van der Waals surface area contributed by atoms with Crippen molar-refractivity contribution in [3.63, 3.8) is 0 Å². The van der Waals surface area contributed by atoms with Gasteiger partial charge >= 0.3 is 5.97 Å². The highest BCUT2D eigenvalue weighted by Gasteiger charge is 2.05. The minimum Gasteiger partial charge on any atom is -0.481 e. The average molecular weight is 158 g/mol. The van der Waals surface area contributed by atoms with E-state index in [-0.39, 0.29) is 0 Å². The Balaban J connectivity index is 3.22. The van der Waals surface area contributed by atoms with E-state index in [0.717, 1.165) is 6.42 Å². The number of hydrogen-bond acceptors (Lipinski definition) is 1. The first-order chi connectivity index (χ1) is 5.16. The van der Waals surface area contributed by atoms with E-state index < -0.39 is 5.97 Å². The van der Waals surface area contributed by atoms with Crippen LogP contribution in [-0.4, -0.2) is 11.1 Å². The molecule has 0 saturated carbocycles. The predicted molar refractivity (Wildman–Crippen MR) is 45.6 cm³/mol. The number of carbonyl (C=O) groups is 1. The number of hydrogen-bond donors (Lipinski definition) is 1. The van der Waals surface area contributed by atoms with Crippen LogP contribution in [0.25, 0.3) is 0 Å². The molecular formula is C9H18O2. The summed E-state index contributed by atoms with van der Waals surface area (Å²) in [5.41, 5.74) is 0. The lowest BCUT2D eigenvalue weighted by Gasteiger charge is -2.06. The van der Waals surface area contributed by atoms with Crippen molar-refractivity contribution in [2.75, 3.05) is 0 Å². The Morgan fingerprint density at radius 2 is 2.09 bits per heavy atom. The maximum atomic E-state index is 10.2. The molecule has 0 heterocycles. The summed E-state index contributed by atoms with van der Waals surface area (Å²) in [4.78, 5) is 10.2. The molecule has 0 amide bonds. The molecule has 0 spiro atoms. The Morgan fingerprint density at radius 1 is 1.45 bits per heavy atom. The molecule has 0 aliphatic carbocycles. The summed E-state index contributed by atoms with van der Waals surface area (Å²) in [6.07, 6.45) is 4.98. The van der Waals surface area contributed by atoms with E-state index in [1.165, 1.54) is 19.3 Å². The molecule has 0 fully saturated rings. The van der Waals surface area contributed by atoms with E-state index in [4.69, 9.17) is 5.11 Å². The van der Waals surface area contributed by atoms with Crippen LogP contribution in [0.2, 0.25) is 0 Å². The van der Waals surface area contributed by atoms with E-state index >= 15 is 0 Å². The van der Waals surface area contributed by atoms with Gasteiger partial charge in [0.2, 0.25) is 0 Å². The number of carboxylic acids is 1. The second kappa shape index (κ2) is 6.20. The van der Waals surface area contributed by atoms with Gasteiger partial charge in [0.25, 0.3) is 0 Å². The van der Waals surface area contributed by atoms with Gasteiger partial charge in [-0.15, -0.1) is 0 Å². The first-order valence-corrected chi connectivity index (χ1v) is 4.38. The molecule has 0 aliphatic heterocycles. The van der Waals surface area contributed by atoms with Crippen LogP contribution in [-0.2, 0) is 4.79 Å². The first-order valence-electron chi connectivity index (χ1n) is 4.38. The zero-order valence-electron chi connectivity index (χ0n) is 7.47. The highest BCUT2D eigenvalue weighted by atomic mass is 16.4. The Kier molecular flexibility index (Phi) is 5.90. The fraction of sp³-hybridized carbons (Fsp3) is 0.889. The molecule has 0 aliphatic rings. The van der Waals surface area contributed by atoms with Gasteiger partial charge in [0.05, 0.1) is 0 Å². The third-order valence-corrected chi connectivity index (χ3v) is 1.82. The van der Waals surface area contributed by atoms with E-state index in [1.54, 1.807) is 0 Å². The summed E-state index contributed by atoms with van der Waals surface area (Å²) in [5, 5.41) is 8.44. The van der Waals surface area contributed by atoms with Crippen molar-refractivity contribution >= 4 is 5.97 Å². The van der Waals surface area contributed by atoms with E-state index in [9.17, 15) is 4.79 Å². The van der Waals surface area contributed by atoms with Crippen molar-refractivity contribution in [3.05, 3.63) is 0 Å². The monoisotopic (exact) mass is 158 g/mol. The lowest BCUT2D eigenvalue weighted by molar-refractivity contribution is -0.138. The third kappa shape index (κ3) is 7.37. The molecule has 2 heteroatoms. The number of aliphatic carboxylic acids is 1. The van der Waals surface area contributed by atoms with Crippen molar-refractivity contribution in [1.29, 1.82) is 0 Å². The third-order valence-electron chi connectivity index (χ3n) is 1.82. The summed E-state index contributed by atoms with van der Waals surface area (Å²) in [6.45, 7) is 4.16. The Labute approximate surface area is 68.6 Å². The molecule has 0 bridgehead atoms. The highest BCUT2D eigenvalue weighted by Crippen LogP contribution is 2.12. The molecule has 0 radical (unpaired) electrons. The smallest absolute Gasteiger partial charge is 0.303 e. The largest absolute Gasteiger partial charge is 0.481 e. The van der Waals surface area contributed by atoms with Crippen LogP contribution in [0.15, 0.2) is 0 Å². The van der Waals surface area contributed by atoms with Crippen molar-refractivity contribution in [2.24, 2.45) is 5.92 Å². The minimum atomic E-state index is -0.672. The second-order valence-corrected chi connectivity index (χ2v) is 3.20. The molecule has 0 aromatic heterocycles. The van der Waals surface area contributed by atoms with Crippen LogP contribution in [0, 0.1) is 5.92 Å². The summed E-state index contributed by atoms with van der Waals surface area (Å²) in [7, 11) is 0. The van der Waals surface area contributed by atoms with Crippen LogP contribution in [0.5, 0.6) is 0 Å². The van der Waals surface area contributed by atoms with Crippen molar-refractivity contribution < 1.29 is 9.90 Å². The van der Waals surface area contributed by atoms with Gasteiger partial charge in [-0.05, 0) is 5.92 Å². The lowest BCUT2D eigenvalue weighted by Crippen LogP contribution is -2.03. The minimum absolute atomic E-state index is 0.323. The molecule has 0 rings (SSSR count). The van der Waals surface area contributed by atoms with Gasteiger partial charge in [0, 0.05) is 6.42 Å². The van der Waals surface area contributed by atoms with Crippen LogP contribution >= 0.6 is 0 Å². The van der Waals surface area contributed by atoms with Gasteiger partial charge in [-0.3, -0.25) is 4.79 Å². The maximum Gasteiger partial charge on any atom is 0.303 e. The standard InChI is InChI=1S/C9H18O2/c1-3-4-5-6-8(2)7-9(10)11/h8H,3-7H2,1-2H3,(H,10,11). The molecule has 0 aromatic carbocycles. The van der Waals surface area contributed by atoms with Gasteiger partial charge in [-0.25, -0.2) is 0 Å². The second-order valence-electron chi connectivity index (χ2n) is 3.20. The number of rotatable bonds is 6. The topological polar surface area (TPSA) is 37.3 Å². The summed E-state index contributed by atoms with van der Waals surface area (Å²) in [6, 6.07) is 0. The molecule has 66 valence electrons. The first kappa shape index (κ1) is 10.5.